The maximum Gasteiger partial charge on any atom is 0.341 e. The van der Waals surface area contributed by atoms with E-state index in [1.165, 1.54) is 17.7 Å². The van der Waals surface area contributed by atoms with E-state index in [4.69, 9.17) is 26.8 Å². The number of aromatic nitrogens is 2. The molecule has 9 heteroatoms. The standard InChI is InChI=1S/C32H36N4O3S2/c1-4-38-31(37)28-26-17-10-5-6-11-18-27(26)41-30(28)34-32(40)33-29-21(2)35-36(22(29)3)20-23-13-12-16-25(19-23)39-24-14-8-7-9-15-24/h7-9,12-16,19H,4-6,10-11,17-18,20H2,1-3H3,(H2,33,34,40). The van der Waals surface area contributed by atoms with Crippen LogP contribution in [0, 0.1) is 13.8 Å². The molecule has 214 valence electrons. The Labute approximate surface area is 250 Å². The van der Waals surface area contributed by atoms with Gasteiger partial charge < -0.3 is 20.1 Å². The highest BCUT2D eigenvalue weighted by Gasteiger charge is 2.26. The van der Waals surface area contributed by atoms with Crippen LogP contribution in [-0.2, 0) is 24.1 Å². The van der Waals surface area contributed by atoms with Crippen LogP contribution in [0.1, 0.15) is 70.4 Å². The number of benzene rings is 2. The molecule has 2 heterocycles. The molecule has 2 aromatic heterocycles. The zero-order chi connectivity index (χ0) is 28.8. The number of nitrogens with zero attached hydrogens (tertiary/aromatic N) is 2. The minimum absolute atomic E-state index is 0.283. The van der Waals surface area contributed by atoms with Crippen LogP contribution in [-0.4, -0.2) is 27.5 Å². The van der Waals surface area contributed by atoms with Gasteiger partial charge in [-0.2, -0.15) is 5.10 Å². The van der Waals surface area contributed by atoms with Gasteiger partial charge in [0.25, 0.3) is 0 Å². The number of fused-ring (bicyclic) bond motifs is 1. The third kappa shape index (κ3) is 6.97. The first-order valence-corrected chi connectivity index (χ1v) is 15.4. The summed E-state index contributed by atoms with van der Waals surface area (Å²) in [6.45, 7) is 6.75. The molecule has 1 aliphatic rings. The summed E-state index contributed by atoms with van der Waals surface area (Å²) in [5.74, 6) is 1.29. The lowest BCUT2D eigenvalue weighted by atomic mass is 9.96. The van der Waals surface area contributed by atoms with Gasteiger partial charge in [-0.05, 0) is 94.1 Å². The number of esters is 1. The SMILES string of the molecule is CCOC(=O)c1c(NC(=S)Nc2c(C)nn(Cc3cccc(Oc4ccccc4)c3)c2C)sc2c1CCCCCC2. The summed E-state index contributed by atoms with van der Waals surface area (Å²) in [4.78, 5) is 14.3. The van der Waals surface area contributed by atoms with Gasteiger partial charge in [0.2, 0.25) is 0 Å². The molecule has 1 aliphatic carbocycles. The fourth-order valence-corrected chi connectivity index (χ4v) is 6.76. The van der Waals surface area contributed by atoms with Gasteiger partial charge in [0.05, 0.1) is 35.8 Å². The summed E-state index contributed by atoms with van der Waals surface area (Å²) in [5.41, 5.74) is 5.49. The molecule has 0 bridgehead atoms. The Bertz CT molecular complexity index is 1530. The van der Waals surface area contributed by atoms with Crippen molar-refractivity contribution in [3.8, 4) is 11.5 Å². The second-order valence-electron chi connectivity index (χ2n) is 10.2. The number of hydrogen-bond donors (Lipinski definition) is 2. The van der Waals surface area contributed by atoms with Crippen molar-refractivity contribution in [3.05, 3.63) is 87.6 Å². The van der Waals surface area contributed by atoms with Crippen molar-refractivity contribution in [1.29, 1.82) is 0 Å². The second-order valence-corrected chi connectivity index (χ2v) is 11.7. The number of nitrogens with one attached hydrogen (secondary N) is 2. The Kier molecular flexibility index (Phi) is 9.36. The van der Waals surface area contributed by atoms with Crippen LogP contribution < -0.4 is 15.4 Å². The zero-order valence-corrected chi connectivity index (χ0v) is 25.4. The number of carbonyl (C=O) groups excluding carboxylic acids is 1. The number of anilines is 2. The normalized spacial score (nSPS) is 13.0. The van der Waals surface area contributed by atoms with E-state index < -0.39 is 0 Å². The summed E-state index contributed by atoms with van der Waals surface area (Å²) < 4.78 is 13.4. The van der Waals surface area contributed by atoms with Crippen LogP contribution in [0.25, 0.3) is 0 Å². The zero-order valence-electron chi connectivity index (χ0n) is 23.8. The number of rotatable bonds is 8. The smallest absolute Gasteiger partial charge is 0.341 e. The fourth-order valence-electron chi connectivity index (χ4n) is 5.21. The number of para-hydroxylation sites is 1. The number of hydrogen-bond acceptors (Lipinski definition) is 6. The molecule has 0 saturated carbocycles. The van der Waals surface area contributed by atoms with Gasteiger partial charge in [0.15, 0.2) is 5.11 Å². The van der Waals surface area contributed by atoms with Gasteiger partial charge in [-0.15, -0.1) is 11.3 Å². The third-order valence-corrected chi connectivity index (χ3v) is 8.62. The lowest BCUT2D eigenvalue weighted by Gasteiger charge is -2.13. The molecule has 2 N–H and O–H groups in total. The number of thiocarbonyl (C=S) groups is 1. The van der Waals surface area contributed by atoms with Crippen LogP contribution in [0.15, 0.2) is 54.6 Å². The molecule has 41 heavy (non-hydrogen) atoms. The summed E-state index contributed by atoms with van der Waals surface area (Å²) in [6.07, 6.45) is 6.50. The van der Waals surface area contributed by atoms with Crippen molar-refractivity contribution in [1.82, 2.24) is 9.78 Å². The molecule has 0 atom stereocenters. The topological polar surface area (TPSA) is 77.4 Å². The molecule has 0 fully saturated rings. The average molecular weight is 589 g/mol. The molecule has 0 radical (unpaired) electrons. The molecule has 0 aliphatic heterocycles. The third-order valence-electron chi connectivity index (χ3n) is 7.21. The first-order chi connectivity index (χ1) is 19.9. The van der Waals surface area contributed by atoms with Gasteiger partial charge in [-0.1, -0.05) is 43.2 Å². The Hall–Kier alpha value is -3.69. The van der Waals surface area contributed by atoms with E-state index in [-0.39, 0.29) is 5.97 Å². The first-order valence-electron chi connectivity index (χ1n) is 14.2. The van der Waals surface area contributed by atoms with Crippen molar-refractivity contribution in [2.24, 2.45) is 0 Å². The van der Waals surface area contributed by atoms with Crippen LogP contribution in [0.5, 0.6) is 11.5 Å². The minimum atomic E-state index is -0.283. The van der Waals surface area contributed by atoms with E-state index >= 15 is 0 Å². The van der Waals surface area contributed by atoms with E-state index in [2.05, 4.69) is 16.7 Å². The highest BCUT2D eigenvalue weighted by molar-refractivity contribution is 7.80. The average Bonchev–Trinajstić information content (AvgIpc) is 3.40. The summed E-state index contributed by atoms with van der Waals surface area (Å²) in [6, 6.07) is 17.8. The summed E-state index contributed by atoms with van der Waals surface area (Å²) in [7, 11) is 0. The van der Waals surface area contributed by atoms with Gasteiger partial charge in [0.1, 0.15) is 16.5 Å². The number of thiophene rings is 1. The largest absolute Gasteiger partial charge is 0.462 e. The van der Waals surface area contributed by atoms with Crippen molar-refractivity contribution in [3.63, 3.8) is 0 Å². The maximum atomic E-state index is 13.0. The van der Waals surface area contributed by atoms with Crippen molar-refractivity contribution in [2.75, 3.05) is 17.2 Å². The predicted molar refractivity (Wildman–Crippen MR) is 170 cm³/mol. The van der Waals surface area contributed by atoms with E-state index in [1.54, 1.807) is 11.3 Å². The lowest BCUT2D eigenvalue weighted by molar-refractivity contribution is 0.0526. The van der Waals surface area contributed by atoms with Crippen LogP contribution in [0.4, 0.5) is 10.7 Å². The maximum absolute atomic E-state index is 13.0. The predicted octanol–water partition coefficient (Wildman–Crippen LogP) is 8.05. The molecular weight excluding hydrogens is 553 g/mol. The molecule has 0 amide bonds. The van der Waals surface area contributed by atoms with Gasteiger partial charge in [-0.25, -0.2) is 4.79 Å². The Balaban J connectivity index is 1.31. The van der Waals surface area contributed by atoms with Gasteiger partial charge >= 0.3 is 5.97 Å². The summed E-state index contributed by atoms with van der Waals surface area (Å²) in [5, 5.41) is 12.6. The summed E-state index contributed by atoms with van der Waals surface area (Å²) >= 11 is 7.36. The molecule has 0 unspecified atom stereocenters. The van der Waals surface area contributed by atoms with E-state index in [0.717, 1.165) is 70.4 Å². The molecule has 5 rings (SSSR count). The van der Waals surface area contributed by atoms with Gasteiger partial charge in [0, 0.05) is 4.88 Å². The molecule has 0 saturated heterocycles. The van der Waals surface area contributed by atoms with Crippen molar-refractivity contribution >= 4 is 45.3 Å². The fraction of sp³-hybridized carbons (Fsp3) is 0.344. The highest BCUT2D eigenvalue weighted by Crippen LogP contribution is 2.38. The number of carbonyl (C=O) groups is 1. The van der Waals surface area contributed by atoms with Crippen LogP contribution in [0.3, 0.4) is 0 Å². The molecular formula is C32H36N4O3S2. The van der Waals surface area contributed by atoms with E-state index in [9.17, 15) is 4.79 Å². The number of aryl methyl sites for hydroxylation is 2. The highest BCUT2D eigenvalue weighted by atomic mass is 32.1. The Morgan fingerprint density at radius 1 is 1.00 bits per heavy atom. The number of ether oxygens (including phenoxy) is 2. The molecule has 4 aromatic rings. The molecule has 2 aromatic carbocycles. The van der Waals surface area contributed by atoms with E-state index in [1.807, 2.05) is 74.0 Å². The quantitative estimate of drug-likeness (QED) is 0.159. The molecule has 0 spiro atoms. The molecule has 7 nitrogen and oxygen atoms in total. The first kappa shape index (κ1) is 28.8. The Morgan fingerprint density at radius 3 is 2.54 bits per heavy atom. The second kappa shape index (κ2) is 13.3. The van der Waals surface area contributed by atoms with Crippen molar-refractivity contribution in [2.45, 2.75) is 65.8 Å². The monoisotopic (exact) mass is 588 g/mol. The van der Waals surface area contributed by atoms with Crippen molar-refractivity contribution < 1.29 is 14.3 Å². The van der Waals surface area contributed by atoms with Crippen LogP contribution in [0.2, 0.25) is 0 Å². The Morgan fingerprint density at radius 2 is 1.76 bits per heavy atom. The van der Waals surface area contributed by atoms with Gasteiger partial charge in [-0.3, -0.25) is 4.68 Å². The van der Waals surface area contributed by atoms with Crippen LogP contribution >= 0.6 is 23.6 Å². The van der Waals surface area contributed by atoms with E-state index in [0.29, 0.717) is 23.8 Å². The minimum Gasteiger partial charge on any atom is -0.462 e. The lowest BCUT2D eigenvalue weighted by Crippen LogP contribution is -2.21.